The van der Waals surface area contributed by atoms with Crippen LogP contribution in [0, 0.1) is 18.3 Å². The fraction of sp³-hybridized carbons (Fsp3) is 0.500. The van der Waals surface area contributed by atoms with Gasteiger partial charge in [0.25, 0.3) is 0 Å². The molecule has 30 heavy (non-hydrogen) atoms. The summed E-state index contributed by atoms with van der Waals surface area (Å²) in [6.07, 6.45) is 1.23. The Bertz CT molecular complexity index is 913. The molecule has 3 heterocycles. The Morgan fingerprint density at radius 3 is 2.67 bits per heavy atom. The summed E-state index contributed by atoms with van der Waals surface area (Å²) in [6.45, 7) is 8.38. The molecule has 1 aromatic heterocycles. The second-order valence-electron chi connectivity index (χ2n) is 8.74. The van der Waals surface area contributed by atoms with Crippen LogP contribution in [0.15, 0.2) is 36.4 Å². The minimum Gasteiger partial charge on any atom is -0.473 e. The van der Waals surface area contributed by atoms with Crippen LogP contribution in [0.4, 0.5) is 10.1 Å². The molecule has 0 radical (unpaired) electrons. The molecule has 2 aliphatic rings. The van der Waals surface area contributed by atoms with Crippen molar-refractivity contribution in [3.05, 3.63) is 53.2 Å². The van der Waals surface area contributed by atoms with Gasteiger partial charge in [0, 0.05) is 43.0 Å². The predicted molar refractivity (Wildman–Crippen MR) is 116 cm³/mol. The van der Waals surface area contributed by atoms with E-state index in [9.17, 15) is 9.18 Å². The second kappa shape index (κ2) is 8.25. The van der Waals surface area contributed by atoms with E-state index in [-0.39, 0.29) is 17.7 Å². The Hall–Kier alpha value is -2.63. The molecule has 2 aromatic rings. The van der Waals surface area contributed by atoms with Gasteiger partial charge in [0.15, 0.2) is 0 Å². The third-order valence-corrected chi connectivity index (χ3v) is 6.93. The minimum atomic E-state index is -0.731. The van der Waals surface area contributed by atoms with E-state index < -0.39 is 12.1 Å². The normalized spacial score (nSPS) is 24.3. The minimum absolute atomic E-state index is 0.0615. The second-order valence-corrected chi connectivity index (χ2v) is 8.74. The van der Waals surface area contributed by atoms with Gasteiger partial charge in [0.2, 0.25) is 11.8 Å². The lowest BCUT2D eigenvalue weighted by Crippen LogP contribution is -2.37. The number of ether oxygens (including phenoxy) is 1. The molecule has 0 spiro atoms. The van der Waals surface area contributed by atoms with Crippen LogP contribution in [-0.2, 0) is 11.4 Å². The first kappa shape index (κ1) is 20.6. The highest BCUT2D eigenvalue weighted by atomic mass is 19.1. The zero-order valence-electron chi connectivity index (χ0n) is 18.0. The van der Waals surface area contributed by atoms with Crippen LogP contribution in [0.25, 0.3) is 0 Å². The molecule has 3 atom stereocenters. The van der Waals surface area contributed by atoms with Crippen molar-refractivity contribution < 1.29 is 13.9 Å². The quantitative estimate of drug-likeness (QED) is 0.748. The van der Waals surface area contributed by atoms with Gasteiger partial charge in [0.05, 0.1) is 12.1 Å². The summed E-state index contributed by atoms with van der Waals surface area (Å²) >= 11 is 0. The molecule has 6 heteroatoms. The fourth-order valence-corrected chi connectivity index (χ4v) is 4.43. The number of benzene rings is 1. The number of hydrogen-bond acceptors (Lipinski definition) is 4. The highest BCUT2D eigenvalue weighted by Crippen LogP contribution is 2.45. The molecular formula is C24H30FN3O2. The molecule has 2 fully saturated rings. The lowest BCUT2D eigenvalue weighted by atomic mass is 9.68. The smallest absolute Gasteiger partial charge is 0.227 e. The average Bonchev–Trinajstić information content (AvgIpc) is 2.99. The number of carbonyl (C=O) groups excluding carboxylic acids is 1. The van der Waals surface area contributed by atoms with E-state index in [4.69, 9.17) is 4.74 Å². The van der Waals surface area contributed by atoms with E-state index in [0.717, 1.165) is 29.9 Å². The van der Waals surface area contributed by atoms with Gasteiger partial charge in [-0.2, -0.15) is 0 Å². The molecule has 1 N–H and O–H groups in total. The molecule has 2 aliphatic heterocycles. The topological polar surface area (TPSA) is 54.5 Å². The third kappa shape index (κ3) is 3.75. The van der Waals surface area contributed by atoms with Crippen LogP contribution in [0.1, 0.15) is 43.0 Å². The molecule has 5 nitrogen and oxygen atoms in total. The molecule has 0 aliphatic carbocycles. The summed E-state index contributed by atoms with van der Waals surface area (Å²) in [5, 5.41) is 2.83. The van der Waals surface area contributed by atoms with Gasteiger partial charge in [-0.25, -0.2) is 4.98 Å². The number of carbonyl (C=O) groups is 1. The van der Waals surface area contributed by atoms with Gasteiger partial charge in [0.1, 0.15) is 6.61 Å². The average molecular weight is 412 g/mol. The highest BCUT2D eigenvalue weighted by Gasteiger charge is 2.50. The molecule has 1 aromatic carbocycles. The number of hydrogen-bond donors (Lipinski definition) is 1. The Labute approximate surface area is 177 Å². The maximum Gasteiger partial charge on any atom is 0.227 e. The van der Waals surface area contributed by atoms with Crippen molar-refractivity contribution in [3.8, 4) is 5.88 Å². The van der Waals surface area contributed by atoms with E-state index in [0.29, 0.717) is 19.0 Å². The van der Waals surface area contributed by atoms with Crippen molar-refractivity contribution in [2.24, 2.45) is 11.3 Å². The third-order valence-electron chi connectivity index (χ3n) is 6.93. The van der Waals surface area contributed by atoms with Crippen LogP contribution < -0.4 is 15.0 Å². The number of aryl methyl sites for hydroxylation is 1. The van der Waals surface area contributed by atoms with Crippen molar-refractivity contribution in [3.63, 3.8) is 0 Å². The summed E-state index contributed by atoms with van der Waals surface area (Å²) in [5.74, 6) is 0.202. The summed E-state index contributed by atoms with van der Waals surface area (Å²) in [4.78, 5) is 19.2. The molecule has 4 rings (SSSR count). The summed E-state index contributed by atoms with van der Waals surface area (Å²) in [6, 6.07) is 12.2. The number of pyridine rings is 1. The Morgan fingerprint density at radius 2 is 2.03 bits per heavy atom. The number of rotatable bonds is 7. The fourth-order valence-electron chi connectivity index (χ4n) is 4.43. The molecule has 0 unspecified atom stereocenters. The maximum atomic E-state index is 13.5. The van der Waals surface area contributed by atoms with Gasteiger partial charge in [-0.1, -0.05) is 31.2 Å². The van der Waals surface area contributed by atoms with E-state index in [2.05, 4.69) is 21.3 Å². The lowest BCUT2D eigenvalue weighted by Gasteiger charge is -2.33. The molecular weight excluding hydrogens is 381 g/mol. The van der Waals surface area contributed by atoms with E-state index in [1.165, 1.54) is 12.1 Å². The van der Waals surface area contributed by atoms with Crippen molar-refractivity contribution in [1.82, 2.24) is 10.3 Å². The SMILES string of the molecule is Cc1cc(N2CCC2)cc(OCc2ccc([C@@H](C)[C@@]3(C)C(=O)NC[C@@H]3CF)cc2)n1. The van der Waals surface area contributed by atoms with Crippen LogP contribution in [0.2, 0.25) is 0 Å². The number of anilines is 1. The molecule has 0 bridgehead atoms. The van der Waals surface area contributed by atoms with Crippen molar-refractivity contribution in [2.75, 3.05) is 31.2 Å². The molecule has 1 amide bonds. The summed E-state index contributed by atoms with van der Waals surface area (Å²) in [7, 11) is 0. The van der Waals surface area contributed by atoms with E-state index >= 15 is 0 Å². The first-order chi connectivity index (χ1) is 14.4. The maximum absolute atomic E-state index is 13.5. The van der Waals surface area contributed by atoms with Crippen LogP contribution in [0.5, 0.6) is 5.88 Å². The first-order valence-electron chi connectivity index (χ1n) is 10.7. The predicted octanol–water partition coefficient (Wildman–Crippen LogP) is 4.00. The highest BCUT2D eigenvalue weighted by molar-refractivity contribution is 5.86. The number of nitrogens with zero attached hydrogens (tertiary/aromatic N) is 2. The number of aromatic nitrogens is 1. The van der Waals surface area contributed by atoms with Gasteiger partial charge in [-0.15, -0.1) is 0 Å². The van der Waals surface area contributed by atoms with Crippen molar-refractivity contribution >= 4 is 11.6 Å². The van der Waals surface area contributed by atoms with Crippen molar-refractivity contribution in [2.45, 2.75) is 39.7 Å². The zero-order chi connectivity index (χ0) is 21.3. The largest absolute Gasteiger partial charge is 0.473 e. The summed E-state index contributed by atoms with van der Waals surface area (Å²) in [5.41, 5.74) is 3.45. The Kier molecular flexibility index (Phi) is 5.67. The first-order valence-corrected chi connectivity index (χ1v) is 10.7. The van der Waals surface area contributed by atoms with Crippen LogP contribution in [-0.4, -0.2) is 37.2 Å². The molecule has 0 saturated carbocycles. The van der Waals surface area contributed by atoms with Gasteiger partial charge in [-0.05, 0) is 43.4 Å². The molecule has 2 saturated heterocycles. The monoisotopic (exact) mass is 411 g/mol. The standard InChI is InChI=1S/C24H30FN3O2/c1-16-11-21(28-9-4-10-28)12-22(27-16)30-15-18-5-7-19(8-6-18)17(2)24(3)20(13-25)14-26-23(24)29/h5-8,11-12,17,20H,4,9-10,13-15H2,1-3H3,(H,26,29)/t17-,20+,24-/m1/s1. The van der Waals surface area contributed by atoms with Gasteiger partial charge in [-0.3, -0.25) is 9.18 Å². The van der Waals surface area contributed by atoms with E-state index in [1.54, 1.807) is 0 Å². The Balaban J connectivity index is 1.43. The zero-order valence-corrected chi connectivity index (χ0v) is 18.0. The number of alkyl halides is 1. The Morgan fingerprint density at radius 1 is 1.30 bits per heavy atom. The van der Waals surface area contributed by atoms with Gasteiger partial charge >= 0.3 is 0 Å². The van der Waals surface area contributed by atoms with Crippen LogP contribution in [0.3, 0.4) is 0 Å². The number of halogens is 1. The summed E-state index contributed by atoms with van der Waals surface area (Å²) < 4.78 is 19.4. The number of nitrogens with one attached hydrogen (secondary N) is 1. The van der Waals surface area contributed by atoms with E-state index in [1.807, 2.05) is 51.1 Å². The lowest BCUT2D eigenvalue weighted by molar-refractivity contribution is -0.129. The van der Waals surface area contributed by atoms with Crippen molar-refractivity contribution in [1.29, 1.82) is 0 Å². The number of amides is 1. The van der Waals surface area contributed by atoms with Crippen LogP contribution >= 0.6 is 0 Å². The van der Waals surface area contributed by atoms with Gasteiger partial charge < -0.3 is 15.0 Å². The molecule has 160 valence electrons.